The second kappa shape index (κ2) is 4.31. The molecule has 0 aromatic heterocycles. The SMILES string of the molecule is CC(=O)Nc1cc(F)c(CO)c(F)c1F. The molecule has 1 amide bonds. The molecule has 82 valence electrons. The lowest BCUT2D eigenvalue weighted by Crippen LogP contribution is -2.10. The summed E-state index contributed by atoms with van der Waals surface area (Å²) in [5, 5.41) is 10.5. The Balaban J connectivity index is 3.27. The Kier molecular flexibility index (Phi) is 3.31. The predicted molar refractivity (Wildman–Crippen MR) is 46.5 cm³/mol. The maximum atomic E-state index is 13.1. The first kappa shape index (κ1) is 11.5. The molecule has 2 N–H and O–H groups in total. The molecule has 1 aromatic carbocycles. The number of benzene rings is 1. The van der Waals surface area contributed by atoms with Gasteiger partial charge >= 0.3 is 0 Å². The van der Waals surface area contributed by atoms with Crippen LogP contribution < -0.4 is 5.32 Å². The van der Waals surface area contributed by atoms with Crippen LogP contribution in [0.4, 0.5) is 18.9 Å². The predicted octanol–water partition coefficient (Wildman–Crippen LogP) is 1.55. The lowest BCUT2D eigenvalue weighted by atomic mass is 10.1. The highest BCUT2D eigenvalue weighted by Crippen LogP contribution is 2.23. The quantitative estimate of drug-likeness (QED) is 0.741. The van der Waals surface area contributed by atoms with Crippen LogP contribution in [-0.2, 0) is 11.4 Å². The number of aliphatic hydroxyl groups is 1. The maximum absolute atomic E-state index is 13.1. The summed E-state index contributed by atoms with van der Waals surface area (Å²) in [7, 11) is 0. The Labute approximate surface area is 83.5 Å². The molecule has 0 heterocycles. The van der Waals surface area contributed by atoms with Crippen LogP contribution in [0, 0.1) is 17.5 Å². The van der Waals surface area contributed by atoms with Gasteiger partial charge in [0, 0.05) is 13.0 Å². The molecule has 0 saturated heterocycles. The van der Waals surface area contributed by atoms with E-state index in [-0.39, 0.29) is 0 Å². The smallest absolute Gasteiger partial charge is 0.221 e. The van der Waals surface area contributed by atoms with Crippen LogP contribution in [0.1, 0.15) is 12.5 Å². The average molecular weight is 219 g/mol. The molecule has 0 aliphatic rings. The molecule has 0 fully saturated rings. The third-order valence-electron chi connectivity index (χ3n) is 1.72. The number of nitrogens with one attached hydrogen (secondary N) is 1. The van der Waals surface area contributed by atoms with Gasteiger partial charge in [0.2, 0.25) is 5.91 Å². The van der Waals surface area contributed by atoms with E-state index < -0.39 is 41.2 Å². The van der Waals surface area contributed by atoms with Gasteiger partial charge in [-0.05, 0) is 0 Å². The summed E-state index contributed by atoms with van der Waals surface area (Å²) in [6.07, 6.45) is 0. The van der Waals surface area contributed by atoms with E-state index in [0.29, 0.717) is 6.07 Å². The molecule has 1 aromatic rings. The summed E-state index contributed by atoms with van der Waals surface area (Å²) in [5.41, 5.74) is -1.35. The van der Waals surface area contributed by atoms with Crippen molar-refractivity contribution >= 4 is 11.6 Å². The number of aliphatic hydroxyl groups excluding tert-OH is 1. The minimum absolute atomic E-state index is 0.588. The molecule has 6 heteroatoms. The molecule has 0 saturated carbocycles. The molecule has 0 aliphatic heterocycles. The van der Waals surface area contributed by atoms with Crippen molar-refractivity contribution in [2.75, 3.05) is 5.32 Å². The van der Waals surface area contributed by atoms with Crippen LogP contribution in [0.2, 0.25) is 0 Å². The standard InChI is InChI=1S/C9H8F3NO2/c1-4(15)13-7-2-6(10)5(3-14)8(11)9(7)12/h2,14H,3H2,1H3,(H,13,15). The zero-order valence-corrected chi connectivity index (χ0v) is 7.77. The van der Waals surface area contributed by atoms with Crippen molar-refractivity contribution in [3.63, 3.8) is 0 Å². The number of anilines is 1. The molecule has 0 radical (unpaired) electrons. The Morgan fingerprint density at radius 3 is 2.47 bits per heavy atom. The van der Waals surface area contributed by atoms with E-state index in [1.165, 1.54) is 0 Å². The topological polar surface area (TPSA) is 49.3 Å². The first-order valence-corrected chi connectivity index (χ1v) is 4.02. The van der Waals surface area contributed by atoms with E-state index in [4.69, 9.17) is 5.11 Å². The van der Waals surface area contributed by atoms with Gasteiger partial charge in [0.25, 0.3) is 0 Å². The highest BCUT2D eigenvalue weighted by Gasteiger charge is 2.18. The first-order valence-electron chi connectivity index (χ1n) is 4.02. The van der Waals surface area contributed by atoms with Crippen LogP contribution in [0.5, 0.6) is 0 Å². The average Bonchev–Trinajstić information content (AvgIpc) is 2.14. The third kappa shape index (κ3) is 2.27. The van der Waals surface area contributed by atoms with E-state index >= 15 is 0 Å². The minimum atomic E-state index is -1.50. The fourth-order valence-electron chi connectivity index (χ4n) is 1.06. The molecule has 0 atom stereocenters. The maximum Gasteiger partial charge on any atom is 0.221 e. The molecule has 0 aliphatic carbocycles. The molecule has 0 spiro atoms. The van der Waals surface area contributed by atoms with Crippen LogP contribution in [0.3, 0.4) is 0 Å². The van der Waals surface area contributed by atoms with Gasteiger partial charge < -0.3 is 10.4 Å². The van der Waals surface area contributed by atoms with Crippen molar-refractivity contribution in [3.8, 4) is 0 Å². The molecular formula is C9H8F3NO2. The summed E-state index contributed by atoms with van der Waals surface area (Å²) >= 11 is 0. The normalized spacial score (nSPS) is 10.2. The molecule has 0 unspecified atom stereocenters. The highest BCUT2D eigenvalue weighted by atomic mass is 19.2. The number of hydrogen-bond donors (Lipinski definition) is 2. The number of rotatable bonds is 2. The van der Waals surface area contributed by atoms with E-state index in [1.807, 2.05) is 5.32 Å². The summed E-state index contributed by atoms with van der Waals surface area (Å²) in [6.45, 7) is 0.129. The van der Waals surface area contributed by atoms with Gasteiger partial charge in [-0.25, -0.2) is 13.2 Å². The Hall–Kier alpha value is -1.56. The van der Waals surface area contributed by atoms with Crippen molar-refractivity contribution in [2.24, 2.45) is 0 Å². The van der Waals surface area contributed by atoms with Gasteiger partial charge in [-0.2, -0.15) is 0 Å². The number of carbonyl (C=O) groups excluding carboxylic acids is 1. The summed E-state index contributed by atoms with van der Waals surface area (Å²) in [4.78, 5) is 10.6. The minimum Gasteiger partial charge on any atom is -0.391 e. The van der Waals surface area contributed by atoms with E-state index in [2.05, 4.69) is 0 Å². The number of halogens is 3. The molecule has 15 heavy (non-hydrogen) atoms. The number of carbonyl (C=O) groups is 1. The van der Waals surface area contributed by atoms with Crippen LogP contribution in [0.25, 0.3) is 0 Å². The van der Waals surface area contributed by atoms with Crippen molar-refractivity contribution in [2.45, 2.75) is 13.5 Å². The van der Waals surface area contributed by atoms with Gasteiger partial charge in [-0.1, -0.05) is 0 Å². The Bertz CT molecular complexity index is 407. The van der Waals surface area contributed by atoms with Crippen molar-refractivity contribution < 1.29 is 23.1 Å². The summed E-state index contributed by atoms with van der Waals surface area (Å²) in [6, 6.07) is 0.616. The van der Waals surface area contributed by atoms with Crippen molar-refractivity contribution in [3.05, 3.63) is 29.1 Å². The van der Waals surface area contributed by atoms with Gasteiger partial charge in [0.05, 0.1) is 17.9 Å². The second-order valence-electron chi connectivity index (χ2n) is 2.85. The lowest BCUT2D eigenvalue weighted by molar-refractivity contribution is -0.114. The Morgan fingerprint density at radius 1 is 1.40 bits per heavy atom. The second-order valence-corrected chi connectivity index (χ2v) is 2.85. The van der Waals surface area contributed by atoms with Crippen molar-refractivity contribution in [1.29, 1.82) is 0 Å². The monoisotopic (exact) mass is 219 g/mol. The van der Waals surface area contributed by atoms with Crippen LogP contribution in [-0.4, -0.2) is 11.0 Å². The van der Waals surface area contributed by atoms with E-state index in [0.717, 1.165) is 6.92 Å². The summed E-state index contributed by atoms with van der Waals surface area (Å²) < 4.78 is 39.2. The zero-order chi connectivity index (χ0) is 11.6. The Morgan fingerprint density at radius 2 is 2.00 bits per heavy atom. The first-order chi connectivity index (χ1) is 6.97. The largest absolute Gasteiger partial charge is 0.391 e. The van der Waals surface area contributed by atoms with E-state index in [9.17, 15) is 18.0 Å². The highest BCUT2D eigenvalue weighted by molar-refractivity contribution is 5.88. The third-order valence-corrected chi connectivity index (χ3v) is 1.72. The number of hydrogen-bond acceptors (Lipinski definition) is 2. The molecule has 1 rings (SSSR count). The number of amides is 1. The van der Waals surface area contributed by atoms with E-state index in [1.54, 1.807) is 0 Å². The molecular weight excluding hydrogens is 211 g/mol. The van der Waals surface area contributed by atoms with Crippen LogP contribution >= 0.6 is 0 Å². The lowest BCUT2D eigenvalue weighted by Gasteiger charge is -2.08. The fourth-order valence-corrected chi connectivity index (χ4v) is 1.06. The zero-order valence-electron chi connectivity index (χ0n) is 7.77. The van der Waals surface area contributed by atoms with Crippen LogP contribution in [0.15, 0.2) is 6.07 Å². The van der Waals surface area contributed by atoms with Gasteiger partial charge in [0.1, 0.15) is 5.82 Å². The van der Waals surface area contributed by atoms with Gasteiger partial charge in [-0.15, -0.1) is 0 Å². The van der Waals surface area contributed by atoms with Gasteiger partial charge in [0.15, 0.2) is 11.6 Å². The van der Waals surface area contributed by atoms with Crippen molar-refractivity contribution in [1.82, 2.24) is 0 Å². The fraction of sp³-hybridized carbons (Fsp3) is 0.222. The molecule has 3 nitrogen and oxygen atoms in total. The molecule has 0 bridgehead atoms. The van der Waals surface area contributed by atoms with Gasteiger partial charge in [-0.3, -0.25) is 4.79 Å². The summed E-state index contributed by atoms with van der Waals surface area (Å²) in [5.74, 6) is -4.65.